The minimum absolute atomic E-state index is 0.449. The third-order valence-electron chi connectivity index (χ3n) is 2.47. The Bertz CT molecular complexity index is 380. The first-order chi connectivity index (χ1) is 8.49. The maximum Gasteiger partial charge on any atom is 0.305 e. The van der Waals surface area contributed by atoms with Gasteiger partial charge in [-0.05, 0) is 12.0 Å². The molecule has 8 heteroatoms. The largest absolute Gasteiger partial charge is 0.455 e. The highest BCUT2D eigenvalue weighted by molar-refractivity contribution is 5.67. The molecule has 1 fully saturated rings. The van der Waals surface area contributed by atoms with Crippen molar-refractivity contribution in [2.24, 2.45) is 5.11 Å². The lowest BCUT2D eigenvalue weighted by Crippen LogP contribution is -2.37. The van der Waals surface area contributed by atoms with Crippen LogP contribution < -0.4 is 0 Å². The Morgan fingerprint density at radius 1 is 1.33 bits per heavy atom. The second-order valence-corrected chi connectivity index (χ2v) is 3.83. The number of azide groups is 1. The fourth-order valence-electron chi connectivity index (χ4n) is 1.82. The fraction of sp³-hybridized carbons (Fsp3) is 0.800. The van der Waals surface area contributed by atoms with E-state index in [1.54, 1.807) is 0 Å². The topological polar surface area (TPSA) is 111 Å². The Kier molecular flexibility index (Phi) is 4.94. The number of rotatable bonds is 4. The molecule has 1 rings (SSSR count). The molecule has 0 aromatic heterocycles. The molecule has 0 aromatic carbocycles. The van der Waals surface area contributed by atoms with E-state index in [0.717, 1.165) is 0 Å². The lowest BCUT2D eigenvalue weighted by Gasteiger charge is -2.19. The van der Waals surface area contributed by atoms with Crippen LogP contribution in [0, 0.1) is 0 Å². The van der Waals surface area contributed by atoms with E-state index in [4.69, 9.17) is 19.7 Å². The molecule has 0 radical (unpaired) electrons. The highest BCUT2D eigenvalue weighted by atomic mass is 16.7. The van der Waals surface area contributed by atoms with E-state index in [-0.39, 0.29) is 0 Å². The van der Waals surface area contributed by atoms with E-state index in [1.807, 2.05) is 6.92 Å². The lowest BCUT2D eigenvalue weighted by atomic mass is 10.1. The van der Waals surface area contributed by atoms with Crippen LogP contribution in [0.15, 0.2) is 5.11 Å². The second-order valence-electron chi connectivity index (χ2n) is 3.83. The van der Waals surface area contributed by atoms with Crippen molar-refractivity contribution in [3.8, 4) is 0 Å². The summed E-state index contributed by atoms with van der Waals surface area (Å²) >= 11 is 0. The first-order valence-corrected chi connectivity index (χ1v) is 5.53. The molecule has 0 amide bonds. The van der Waals surface area contributed by atoms with Gasteiger partial charge in [0.1, 0.15) is 6.04 Å². The van der Waals surface area contributed by atoms with E-state index in [9.17, 15) is 9.59 Å². The zero-order valence-corrected chi connectivity index (χ0v) is 10.4. The Morgan fingerprint density at radius 2 is 1.94 bits per heavy atom. The number of carbonyl (C=O) groups excluding carboxylic acids is 2. The van der Waals surface area contributed by atoms with Gasteiger partial charge in [0.15, 0.2) is 6.10 Å². The molecular formula is C10H15N3O5. The summed E-state index contributed by atoms with van der Waals surface area (Å²) in [5.41, 5.74) is 8.51. The maximum atomic E-state index is 11.0. The van der Waals surface area contributed by atoms with Crippen molar-refractivity contribution in [2.75, 3.05) is 0 Å². The van der Waals surface area contributed by atoms with Crippen LogP contribution in [0.4, 0.5) is 0 Å². The molecule has 0 aromatic rings. The van der Waals surface area contributed by atoms with Gasteiger partial charge in [0.25, 0.3) is 0 Å². The van der Waals surface area contributed by atoms with Crippen LogP contribution in [0.3, 0.4) is 0 Å². The smallest absolute Gasteiger partial charge is 0.305 e. The SMILES string of the molecule is CC[C@H]1OC(OC(C)=O)[C@H](OC(C)=O)[C@@H]1N=[N+]=[N-]. The van der Waals surface area contributed by atoms with Crippen molar-refractivity contribution >= 4 is 11.9 Å². The molecule has 0 aliphatic carbocycles. The number of ether oxygens (including phenoxy) is 3. The van der Waals surface area contributed by atoms with Gasteiger partial charge >= 0.3 is 11.9 Å². The molecule has 0 saturated carbocycles. The molecule has 0 bridgehead atoms. The van der Waals surface area contributed by atoms with Crippen molar-refractivity contribution in [3.63, 3.8) is 0 Å². The second kappa shape index (κ2) is 6.23. The highest BCUT2D eigenvalue weighted by Gasteiger charge is 2.47. The molecule has 4 atom stereocenters. The van der Waals surface area contributed by atoms with Gasteiger partial charge in [-0.25, -0.2) is 0 Å². The van der Waals surface area contributed by atoms with Gasteiger partial charge < -0.3 is 14.2 Å². The number of hydrogen-bond donors (Lipinski definition) is 0. The molecular weight excluding hydrogens is 242 g/mol. The molecule has 1 saturated heterocycles. The van der Waals surface area contributed by atoms with E-state index >= 15 is 0 Å². The van der Waals surface area contributed by atoms with E-state index in [2.05, 4.69) is 10.0 Å². The van der Waals surface area contributed by atoms with Crippen LogP contribution in [0.1, 0.15) is 27.2 Å². The van der Waals surface area contributed by atoms with Gasteiger partial charge in [0.2, 0.25) is 6.29 Å². The first-order valence-electron chi connectivity index (χ1n) is 5.53. The third kappa shape index (κ3) is 3.35. The molecule has 0 spiro atoms. The fourth-order valence-corrected chi connectivity index (χ4v) is 1.82. The van der Waals surface area contributed by atoms with Crippen LogP contribution in [-0.2, 0) is 23.8 Å². The average Bonchev–Trinajstić information content (AvgIpc) is 2.57. The number of hydrogen-bond acceptors (Lipinski definition) is 6. The predicted molar refractivity (Wildman–Crippen MR) is 59.2 cm³/mol. The Hall–Kier alpha value is -1.79. The van der Waals surface area contributed by atoms with Crippen molar-refractivity contribution in [1.29, 1.82) is 0 Å². The van der Waals surface area contributed by atoms with Crippen LogP contribution in [0.25, 0.3) is 10.4 Å². The average molecular weight is 257 g/mol. The van der Waals surface area contributed by atoms with E-state index < -0.39 is 36.5 Å². The summed E-state index contributed by atoms with van der Waals surface area (Å²) in [5, 5.41) is 3.55. The summed E-state index contributed by atoms with van der Waals surface area (Å²) in [4.78, 5) is 24.7. The number of carbonyl (C=O) groups is 2. The van der Waals surface area contributed by atoms with Crippen molar-refractivity contribution in [1.82, 2.24) is 0 Å². The molecule has 1 aliphatic rings. The molecule has 100 valence electrons. The molecule has 0 N–H and O–H groups in total. The van der Waals surface area contributed by atoms with Gasteiger partial charge in [-0.3, -0.25) is 9.59 Å². The Labute approximate surface area is 104 Å². The maximum absolute atomic E-state index is 11.0. The summed E-state index contributed by atoms with van der Waals surface area (Å²) < 4.78 is 15.3. The quantitative estimate of drug-likeness (QED) is 0.326. The van der Waals surface area contributed by atoms with Crippen LogP contribution in [-0.4, -0.2) is 36.5 Å². The molecule has 1 heterocycles. The first kappa shape index (κ1) is 14.3. The molecule has 8 nitrogen and oxygen atoms in total. The zero-order chi connectivity index (χ0) is 13.7. The Balaban J connectivity index is 2.92. The van der Waals surface area contributed by atoms with Crippen LogP contribution >= 0.6 is 0 Å². The minimum atomic E-state index is -1.04. The minimum Gasteiger partial charge on any atom is -0.455 e. The molecule has 1 unspecified atom stereocenters. The molecule has 18 heavy (non-hydrogen) atoms. The summed E-state index contributed by atoms with van der Waals surface area (Å²) in [7, 11) is 0. The summed E-state index contributed by atoms with van der Waals surface area (Å²) in [6.07, 6.45) is -1.85. The normalized spacial score (nSPS) is 30.4. The monoisotopic (exact) mass is 257 g/mol. The summed E-state index contributed by atoms with van der Waals surface area (Å²) in [5.74, 6) is -1.12. The van der Waals surface area contributed by atoms with Crippen molar-refractivity contribution in [2.45, 2.75) is 51.7 Å². The Morgan fingerprint density at radius 3 is 2.39 bits per heavy atom. The van der Waals surface area contributed by atoms with Crippen LogP contribution in [0.2, 0.25) is 0 Å². The van der Waals surface area contributed by atoms with Gasteiger partial charge in [-0.2, -0.15) is 0 Å². The van der Waals surface area contributed by atoms with E-state index in [0.29, 0.717) is 6.42 Å². The molecule has 1 aliphatic heterocycles. The zero-order valence-electron chi connectivity index (χ0n) is 10.4. The number of nitrogens with zero attached hydrogens (tertiary/aromatic N) is 3. The van der Waals surface area contributed by atoms with Crippen molar-refractivity contribution in [3.05, 3.63) is 10.4 Å². The third-order valence-corrected chi connectivity index (χ3v) is 2.47. The van der Waals surface area contributed by atoms with Gasteiger partial charge in [0, 0.05) is 18.8 Å². The summed E-state index contributed by atoms with van der Waals surface area (Å²) in [6.45, 7) is 4.26. The van der Waals surface area contributed by atoms with E-state index in [1.165, 1.54) is 13.8 Å². The standard InChI is InChI=1S/C10H15N3O5/c1-4-7-8(12-13-11)9(16-5(2)14)10(18-7)17-6(3)15/h7-10H,4H2,1-3H3/t7-,8-,9-,10?/m1/s1. The van der Waals surface area contributed by atoms with Crippen LogP contribution in [0.5, 0.6) is 0 Å². The van der Waals surface area contributed by atoms with Gasteiger partial charge in [-0.15, -0.1) is 0 Å². The summed E-state index contributed by atoms with van der Waals surface area (Å²) in [6, 6.07) is -0.701. The van der Waals surface area contributed by atoms with Gasteiger partial charge in [0.05, 0.1) is 6.10 Å². The van der Waals surface area contributed by atoms with Crippen molar-refractivity contribution < 1.29 is 23.8 Å². The lowest BCUT2D eigenvalue weighted by molar-refractivity contribution is -0.194. The van der Waals surface area contributed by atoms with Gasteiger partial charge in [-0.1, -0.05) is 12.0 Å². The number of esters is 2. The highest BCUT2D eigenvalue weighted by Crippen LogP contribution is 2.29. The predicted octanol–water partition coefficient (Wildman–Crippen LogP) is 1.29.